The molecule has 0 aromatic heterocycles. The van der Waals surface area contributed by atoms with Gasteiger partial charge in [0.05, 0.1) is 4.99 Å². The van der Waals surface area contributed by atoms with Gasteiger partial charge in [0, 0.05) is 32.1 Å². The molecule has 17 heavy (non-hydrogen) atoms. The van der Waals surface area contributed by atoms with Crippen LogP contribution in [-0.4, -0.2) is 48.2 Å². The average Bonchev–Trinajstić information content (AvgIpc) is 2.27. The van der Waals surface area contributed by atoms with Gasteiger partial charge in [-0.25, -0.2) is 0 Å². The van der Waals surface area contributed by atoms with E-state index in [1.165, 1.54) is 8.61 Å². The highest BCUT2D eigenvalue weighted by Crippen LogP contribution is 2.21. The summed E-state index contributed by atoms with van der Waals surface area (Å²) in [4.78, 5) is 0.499. The van der Waals surface area contributed by atoms with Crippen LogP contribution < -0.4 is 5.73 Å². The van der Waals surface area contributed by atoms with E-state index >= 15 is 0 Å². The molecule has 1 heterocycles. The third-order valence-electron chi connectivity index (χ3n) is 3.27. The summed E-state index contributed by atoms with van der Waals surface area (Å²) in [5, 5.41) is 0. The number of piperidine rings is 1. The van der Waals surface area contributed by atoms with E-state index in [1.54, 1.807) is 7.05 Å². The first-order valence-corrected chi connectivity index (χ1v) is 7.59. The van der Waals surface area contributed by atoms with Crippen molar-refractivity contribution >= 4 is 27.4 Å². The molecule has 7 heteroatoms. The summed E-state index contributed by atoms with van der Waals surface area (Å²) in [5.74, 6) is 0.181. The Bertz CT molecular complexity index is 373. The van der Waals surface area contributed by atoms with Gasteiger partial charge in [-0.05, 0) is 26.7 Å². The Kier molecular flexibility index (Phi) is 4.88. The summed E-state index contributed by atoms with van der Waals surface area (Å²) in [7, 11) is -1.72. The molecule has 5 nitrogen and oxygen atoms in total. The highest BCUT2D eigenvalue weighted by atomic mass is 32.2. The third kappa shape index (κ3) is 3.37. The fraction of sp³-hybridized carbons (Fsp3) is 0.900. The molecule has 0 saturated carbocycles. The van der Waals surface area contributed by atoms with Crippen LogP contribution in [0.1, 0.15) is 26.7 Å². The van der Waals surface area contributed by atoms with E-state index < -0.39 is 10.2 Å². The molecule has 0 radical (unpaired) electrons. The molecule has 1 aliphatic heterocycles. The van der Waals surface area contributed by atoms with Crippen LogP contribution in [0.2, 0.25) is 0 Å². The van der Waals surface area contributed by atoms with E-state index in [2.05, 4.69) is 0 Å². The number of hydrogen-bond acceptors (Lipinski definition) is 3. The van der Waals surface area contributed by atoms with Crippen molar-refractivity contribution in [1.29, 1.82) is 0 Å². The smallest absolute Gasteiger partial charge is 0.281 e. The fourth-order valence-electron chi connectivity index (χ4n) is 1.82. The lowest BCUT2D eigenvalue weighted by Crippen LogP contribution is -2.48. The van der Waals surface area contributed by atoms with Crippen molar-refractivity contribution in [1.82, 2.24) is 8.61 Å². The van der Waals surface area contributed by atoms with Gasteiger partial charge in [0.15, 0.2) is 0 Å². The molecule has 0 aromatic carbocycles. The molecule has 0 unspecified atom stereocenters. The molecular weight excluding hydrogens is 258 g/mol. The molecule has 2 N–H and O–H groups in total. The van der Waals surface area contributed by atoms with Crippen LogP contribution in [0, 0.1) is 5.92 Å². The van der Waals surface area contributed by atoms with Gasteiger partial charge < -0.3 is 5.73 Å². The molecule has 1 aliphatic rings. The van der Waals surface area contributed by atoms with Gasteiger partial charge in [-0.2, -0.15) is 17.0 Å². The zero-order valence-electron chi connectivity index (χ0n) is 10.6. The van der Waals surface area contributed by atoms with E-state index in [0.717, 1.165) is 12.8 Å². The van der Waals surface area contributed by atoms with E-state index in [0.29, 0.717) is 18.1 Å². The van der Waals surface area contributed by atoms with E-state index in [-0.39, 0.29) is 12.0 Å². The summed E-state index contributed by atoms with van der Waals surface area (Å²) in [6.07, 6.45) is 1.45. The predicted molar refractivity (Wildman–Crippen MR) is 72.9 cm³/mol. The van der Waals surface area contributed by atoms with E-state index in [9.17, 15) is 8.42 Å². The maximum absolute atomic E-state index is 12.2. The highest BCUT2D eigenvalue weighted by Gasteiger charge is 2.32. The number of thiocarbonyl (C=S) groups is 1. The Hall–Kier alpha value is -0.240. The minimum absolute atomic E-state index is 0.0340. The van der Waals surface area contributed by atoms with Crippen molar-refractivity contribution in [2.24, 2.45) is 11.7 Å². The molecule has 1 fully saturated rings. The molecule has 0 aliphatic carbocycles. The van der Waals surface area contributed by atoms with Crippen molar-refractivity contribution in [2.45, 2.75) is 32.7 Å². The molecule has 0 aromatic rings. The molecule has 0 spiro atoms. The standard InChI is InChI=1S/C10H21N3O2S2/c1-8(2)12(3)17(14,15)13-6-4-9(5-7-13)10(11)16/h8-9H,4-7H2,1-3H3,(H2,11,16). The Morgan fingerprint density at radius 3 is 2.24 bits per heavy atom. The Morgan fingerprint density at radius 2 is 1.88 bits per heavy atom. The fourth-order valence-corrected chi connectivity index (χ4v) is 3.62. The van der Waals surface area contributed by atoms with E-state index in [1.807, 2.05) is 13.8 Å². The normalized spacial score (nSPS) is 20.1. The Morgan fingerprint density at radius 1 is 1.41 bits per heavy atom. The van der Waals surface area contributed by atoms with Crippen LogP contribution >= 0.6 is 12.2 Å². The quantitative estimate of drug-likeness (QED) is 0.764. The topological polar surface area (TPSA) is 66.6 Å². The van der Waals surface area contributed by atoms with Crippen LogP contribution in [-0.2, 0) is 10.2 Å². The minimum Gasteiger partial charge on any atom is -0.393 e. The molecule has 1 saturated heterocycles. The van der Waals surface area contributed by atoms with Crippen LogP contribution in [0.4, 0.5) is 0 Å². The Labute approximate surface area is 109 Å². The predicted octanol–water partition coefficient (Wildman–Crippen LogP) is 0.570. The van der Waals surface area contributed by atoms with Gasteiger partial charge in [0.2, 0.25) is 0 Å². The van der Waals surface area contributed by atoms with Gasteiger partial charge in [0.1, 0.15) is 0 Å². The molecule has 0 amide bonds. The second kappa shape index (κ2) is 5.60. The molecule has 1 rings (SSSR count). The van der Waals surface area contributed by atoms with Crippen molar-refractivity contribution in [2.75, 3.05) is 20.1 Å². The van der Waals surface area contributed by atoms with Crippen LogP contribution in [0.15, 0.2) is 0 Å². The van der Waals surface area contributed by atoms with Crippen molar-refractivity contribution < 1.29 is 8.42 Å². The number of rotatable bonds is 4. The van der Waals surface area contributed by atoms with Gasteiger partial charge in [0.25, 0.3) is 10.2 Å². The van der Waals surface area contributed by atoms with Gasteiger partial charge in [-0.3, -0.25) is 0 Å². The zero-order chi connectivity index (χ0) is 13.2. The summed E-state index contributed by atoms with van der Waals surface area (Å²) < 4.78 is 27.3. The van der Waals surface area contributed by atoms with Crippen LogP contribution in [0.25, 0.3) is 0 Å². The zero-order valence-corrected chi connectivity index (χ0v) is 12.2. The van der Waals surface area contributed by atoms with Crippen molar-refractivity contribution in [3.05, 3.63) is 0 Å². The van der Waals surface area contributed by atoms with Gasteiger partial charge >= 0.3 is 0 Å². The lowest BCUT2D eigenvalue weighted by atomic mass is 9.98. The first-order chi connectivity index (χ1) is 7.76. The van der Waals surface area contributed by atoms with Crippen LogP contribution in [0.3, 0.4) is 0 Å². The molecular formula is C10H21N3O2S2. The number of hydrogen-bond donors (Lipinski definition) is 1. The third-order valence-corrected chi connectivity index (χ3v) is 5.77. The number of nitrogens with zero attached hydrogens (tertiary/aromatic N) is 2. The second-order valence-corrected chi connectivity index (χ2v) is 7.15. The summed E-state index contributed by atoms with van der Waals surface area (Å²) >= 11 is 4.94. The van der Waals surface area contributed by atoms with Crippen molar-refractivity contribution in [3.63, 3.8) is 0 Å². The lowest BCUT2D eigenvalue weighted by Gasteiger charge is -2.34. The largest absolute Gasteiger partial charge is 0.393 e. The monoisotopic (exact) mass is 279 g/mol. The summed E-state index contributed by atoms with van der Waals surface area (Å²) in [5.41, 5.74) is 5.58. The Balaban J connectivity index is 2.68. The summed E-state index contributed by atoms with van der Waals surface area (Å²) in [6, 6.07) is -0.0340. The molecule has 0 atom stereocenters. The average molecular weight is 279 g/mol. The molecule has 100 valence electrons. The van der Waals surface area contributed by atoms with E-state index in [4.69, 9.17) is 18.0 Å². The maximum Gasteiger partial charge on any atom is 0.281 e. The van der Waals surface area contributed by atoms with Crippen LogP contribution in [0.5, 0.6) is 0 Å². The SMILES string of the molecule is CC(C)N(C)S(=O)(=O)N1CCC(C(N)=S)CC1. The summed E-state index contributed by atoms with van der Waals surface area (Å²) in [6.45, 7) is 4.72. The molecule has 0 bridgehead atoms. The first-order valence-electron chi connectivity index (χ1n) is 5.79. The maximum atomic E-state index is 12.2. The number of nitrogens with two attached hydrogens (primary N) is 1. The van der Waals surface area contributed by atoms with Gasteiger partial charge in [-0.1, -0.05) is 12.2 Å². The minimum atomic E-state index is -3.33. The first kappa shape index (κ1) is 14.8. The highest BCUT2D eigenvalue weighted by molar-refractivity contribution is 7.86. The van der Waals surface area contributed by atoms with Gasteiger partial charge in [-0.15, -0.1) is 0 Å². The lowest BCUT2D eigenvalue weighted by molar-refractivity contribution is 0.283. The van der Waals surface area contributed by atoms with Crippen molar-refractivity contribution in [3.8, 4) is 0 Å². The second-order valence-electron chi connectivity index (χ2n) is 4.69.